The molecule has 2 bridgehead atoms. The summed E-state index contributed by atoms with van der Waals surface area (Å²) in [7, 11) is 1.55. The van der Waals surface area contributed by atoms with Crippen LogP contribution in [0.1, 0.15) is 30.4 Å². The molecule has 3 rings (SSSR count). The van der Waals surface area contributed by atoms with Crippen molar-refractivity contribution >= 4 is 29.9 Å². The smallest absolute Gasteiger partial charge is 0.373 e. The molecule has 0 aromatic heterocycles. The van der Waals surface area contributed by atoms with Crippen molar-refractivity contribution in [1.29, 1.82) is 0 Å². The van der Waals surface area contributed by atoms with E-state index < -0.39 is 17.6 Å². The quantitative estimate of drug-likeness (QED) is 0.306. The number of halogens is 5. The van der Waals surface area contributed by atoms with E-state index in [9.17, 15) is 17.6 Å². The number of rotatable bonds is 3. The maximum absolute atomic E-state index is 13.1. The fraction of sp³-hybridized carbons (Fsp3) is 0.562. The number of nitrogens with zero attached hydrogens (tertiary/aromatic N) is 1. The topological polar surface area (TPSA) is 45.7 Å². The minimum Gasteiger partial charge on any atom is -0.373 e. The molecule has 0 saturated carbocycles. The lowest BCUT2D eigenvalue weighted by Crippen LogP contribution is -2.47. The van der Waals surface area contributed by atoms with Gasteiger partial charge < -0.3 is 15.4 Å². The van der Waals surface area contributed by atoms with E-state index in [4.69, 9.17) is 4.74 Å². The van der Waals surface area contributed by atoms with E-state index in [0.29, 0.717) is 12.0 Å². The van der Waals surface area contributed by atoms with Crippen LogP contribution in [0.4, 0.5) is 17.6 Å². The Morgan fingerprint density at radius 2 is 2.08 bits per heavy atom. The van der Waals surface area contributed by atoms with Crippen molar-refractivity contribution in [2.45, 2.75) is 50.2 Å². The Bertz CT molecular complexity index is 638. The Hall–Kier alpha value is -1.10. The summed E-state index contributed by atoms with van der Waals surface area (Å²) in [6.07, 6.45) is -1.30. The first-order chi connectivity index (χ1) is 11.4. The van der Waals surface area contributed by atoms with Crippen LogP contribution in [-0.4, -0.2) is 31.3 Å². The molecule has 0 aliphatic carbocycles. The third-order valence-electron chi connectivity index (χ3n) is 4.48. The summed E-state index contributed by atoms with van der Waals surface area (Å²) in [5.74, 6) is -0.499. The van der Waals surface area contributed by atoms with Gasteiger partial charge in [-0.15, -0.1) is 24.0 Å². The molecule has 2 saturated heterocycles. The number of ether oxygens (including phenoxy) is 1. The van der Waals surface area contributed by atoms with E-state index in [1.807, 2.05) is 0 Å². The molecule has 0 amide bonds. The number of fused-ring (bicyclic) bond motifs is 2. The highest BCUT2D eigenvalue weighted by atomic mass is 127. The molecule has 2 aliphatic rings. The summed E-state index contributed by atoms with van der Waals surface area (Å²) < 4.78 is 57.9. The number of guanidine groups is 1. The summed E-state index contributed by atoms with van der Waals surface area (Å²) >= 11 is 0. The van der Waals surface area contributed by atoms with Crippen molar-refractivity contribution in [2.75, 3.05) is 7.05 Å². The van der Waals surface area contributed by atoms with Crippen molar-refractivity contribution in [3.8, 4) is 0 Å². The van der Waals surface area contributed by atoms with Crippen LogP contribution < -0.4 is 10.6 Å². The highest BCUT2D eigenvalue weighted by molar-refractivity contribution is 14.0. The van der Waals surface area contributed by atoms with Crippen molar-refractivity contribution in [1.82, 2.24) is 10.6 Å². The molecule has 2 N–H and O–H groups in total. The number of hydrogen-bond donors (Lipinski definition) is 2. The predicted molar refractivity (Wildman–Crippen MR) is 96.5 cm³/mol. The first-order valence-corrected chi connectivity index (χ1v) is 7.85. The summed E-state index contributed by atoms with van der Waals surface area (Å²) in [5.41, 5.74) is -1.01. The Labute approximate surface area is 160 Å². The van der Waals surface area contributed by atoms with Crippen LogP contribution in [0, 0.1) is 5.82 Å². The summed E-state index contributed by atoms with van der Waals surface area (Å²) in [6, 6.07) is 2.78. The number of aliphatic imine (C=N–C) groups is 1. The van der Waals surface area contributed by atoms with E-state index in [-0.39, 0.29) is 54.3 Å². The molecule has 3 unspecified atom stereocenters. The molecule has 3 atom stereocenters. The molecule has 9 heteroatoms. The Kier molecular flexibility index (Phi) is 6.52. The summed E-state index contributed by atoms with van der Waals surface area (Å²) in [4.78, 5) is 4.04. The lowest BCUT2D eigenvalue weighted by molar-refractivity contribution is -0.138. The minimum atomic E-state index is -4.60. The molecule has 0 spiro atoms. The van der Waals surface area contributed by atoms with Gasteiger partial charge in [-0.25, -0.2) is 4.39 Å². The van der Waals surface area contributed by atoms with Gasteiger partial charge in [-0.05, 0) is 37.0 Å². The van der Waals surface area contributed by atoms with Crippen LogP contribution in [0.3, 0.4) is 0 Å². The van der Waals surface area contributed by atoms with Gasteiger partial charge in [-0.2, -0.15) is 13.2 Å². The zero-order valence-corrected chi connectivity index (χ0v) is 15.9. The van der Waals surface area contributed by atoms with Crippen LogP contribution in [0.25, 0.3) is 0 Å². The molecule has 4 nitrogen and oxygen atoms in total. The van der Waals surface area contributed by atoms with E-state index in [2.05, 4.69) is 15.6 Å². The van der Waals surface area contributed by atoms with Gasteiger partial charge in [0.1, 0.15) is 5.82 Å². The van der Waals surface area contributed by atoms with Crippen LogP contribution in [0.15, 0.2) is 23.2 Å². The monoisotopic (exact) mass is 473 g/mol. The third kappa shape index (κ3) is 4.75. The van der Waals surface area contributed by atoms with Crippen LogP contribution in [-0.2, 0) is 17.5 Å². The Morgan fingerprint density at radius 1 is 1.32 bits per heavy atom. The molecular formula is C16H20F4IN3O. The van der Waals surface area contributed by atoms with E-state index >= 15 is 0 Å². The standard InChI is InChI=1S/C16H19F4N3O.HI/c1-21-15(23-13-7-11-4-5-14(13)24-11)22-8-9-2-3-10(17)6-12(9)16(18,19)20;/h2-3,6,11,13-14H,4-5,7-8H2,1H3,(H2,21,22,23);1H. The van der Waals surface area contributed by atoms with Gasteiger partial charge >= 0.3 is 6.18 Å². The van der Waals surface area contributed by atoms with Gasteiger partial charge in [0.15, 0.2) is 5.96 Å². The largest absolute Gasteiger partial charge is 0.416 e. The maximum atomic E-state index is 13.1. The molecular weight excluding hydrogens is 453 g/mol. The van der Waals surface area contributed by atoms with Crippen LogP contribution >= 0.6 is 24.0 Å². The van der Waals surface area contributed by atoms with Crippen molar-refractivity contribution in [3.63, 3.8) is 0 Å². The molecule has 140 valence electrons. The molecule has 2 fully saturated rings. The number of benzene rings is 1. The van der Waals surface area contributed by atoms with Crippen molar-refractivity contribution in [2.24, 2.45) is 4.99 Å². The first kappa shape index (κ1) is 20.2. The number of alkyl halides is 3. The van der Waals surface area contributed by atoms with Crippen LogP contribution in [0.5, 0.6) is 0 Å². The molecule has 25 heavy (non-hydrogen) atoms. The molecule has 1 aromatic rings. The third-order valence-corrected chi connectivity index (χ3v) is 4.48. The highest BCUT2D eigenvalue weighted by Crippen LogP contribution is 2.34. The van der Waals surface area contributed by atoms with Gasteiger partial charge in [-0.1, -0.05) is 6.07 Å². The molecule has 0 radical (unpaired) electrons. The molecule has 2 aliphatic heterocycles. The second-order valence-corrected chi connectivity index (χ2v) is 6.09. The normalized spacial score (nSPS) is 25.6. The van der Waals surface area contributed by atoms with Gasteiger partial charge in [0.05, 0.1) is 23.8 Å². The fourth-order valence-corrected chi connectivity index (χ4v) is 3.31. The van der Waals surface area contributed by atoms with Gasteiger partial charge in [-0.3, -0.25) is 4.99 Å². The average Bonchev–Trinajstić information content (AvgIpc) is 3.14. The SMILES string of the molecule is CN=C(NCc1ccc(F)cc1C(F)(F)F)NC1CC2CCC1O2.I. The van der Waals surface area contributed by atoms with E-state index in [1.54, 1.807) is 7.05 Å². The number of hydrogen-bond acceptors (Lipinski definition) is 2. The molecule has 1 aromatic carbocycles. The second-order valence-electron chi connectivity index (χ2n) is 6.09. The Balaban J connectivity index is 0.00000225. The van der Waals surface area contributed by atoms with Gasteiger partial charge in [0.2, 0.25) is 0 Å². The first-order valence-electron chi connectivity index (χ1n) is 7.85. The second kappa shape index (κ2) is 8.07. The van der Waals surface area contributed by atoms with Crippen molar-refractivity contribution in [3.05, 3.63) is 35.1 Å². The lowest BCUT2D eigenvalue weighted by atomic mass is 9.96. The lowest BCUT2D eigenvalue weighted by Gasteiger charge is -2.23. The van der Waals surface area contributed by atoms with Gasteiger partial charge in [0.25, 0.3) is 0 Å². The fourth-order valence-electron chi connectivity index (χ4n) is 3.31. The zero-order chi connectivity index (χ0) is 17.3. The Morgan fingerprint density at radius 3 is 2.64 bits per heavy atom. The zero-order valence-electron chi connectivity index (χ0n) is 13.6. The predicted octanol–water partition coefficient (Wildman–Crippen LogP) is 3.45. The van der Waals surface area contributed by atoms with E-state index in [0.717, 1.165) is 31.4 Å². The van der Waals surface area contributed by atoms with Crippen LogP contribution in [0.2, 0.25) is 0 Å². The number of nitrogens with one attached hydrogen (secondary N) is 2. The van der Waals surface area contributed by atoms with Gasteiger partial charge in [0, 0.05) is 13.6 Å². The highest BCUT2D eigenvalue weighted by Gasteiger charge is 2.41. The maximum Gasteiger partial charge on any atom is 0.416 e. The average molecular weight is 473 g/mol. The minimum absolute atomic E-state index is 0. The van der Waals surface area contributed by atoms with Crippen molar-refractivity contribution < 1.29 is 22.3 Å². The molecule has 2 heterocycles. The van der Waals surface area contributed by atoms with E-state index in [1.165, 1.54) is 0 Å². The summed E-state index contributed by atoms with van der Waals surface area (Å²) in [6.45, 7) is -0.101. The summed E-state index contributed by atoms with van der Waals surface area (Å²) in [5, 5.41) is 6.06.